The first-order valence-corrected chi connectivity index (χ1v) is 16.4. The Hall–Kier alpha value is -3.57. The summed E-state index contributed by atoms with van der Waals surface area (Å²) in [4.78, 5) is 0.436. The summed E-state index contributed by atoms with van der Waals surface area (Å²) in [6.07, 6.45) is 12.1. The first-order chi connectivity index (χ1) is 20.0. The summed E-state index contributed by atoms with van der Waals surface area (Å²) in [5.74, 6) is 2.65. The van der Waals surface area contributed by atoms with E-state index in [1.54, 1.807) is 48.5 Å². The summed E-state index contributed by atoms with van der Waals surface area (Å²) >= 11 is 0. The van der Waals surface area contributed by atoms with E-state index in [2.05, 4.69) is 38.1 Å². The number of hydrogen-bond acceptors (Lipinski definition) is 4. The molecule has 0 fully saturated rings. The van der Waals surface area contributed by atoms with Crippen molar-refractivity contribution >= 4 is 9.84 Å². The predicted molar refractivity (Wildman–Crippen MR) is 167 cm³/mol. The molecule has 0 saturated carbocycles. The number of benzene rings is 4. The van der Waals surface area contributed by atoms with Crippen LogP contribution in [0.3, 0.4) is 0 Å². The highest BCUT2D eigenvalue weighted by Gasteiger charge is 2.18. The van der Waals surface area contributed by atoms with Crippen LogP contribution in [0.1, 0.15) is 76.3 Å². The number of ether oxygens (including phenoxy) is 2. The molecule has 4 aromatic carbocycles. The third-order valence-corrected chi connectivity index (χ3v) is 9.01. The van der Waals surface area contributed by atoms with Gasteiger partial charge in [0.1, 0.15) is 23.0 Å². The maximum atomic E-state index is 13.2. The third-order valence-electron chi connectivity index (χ3n) is 7.22. The molecule has 0 bridgehead atoms. The van der Waals surface area contributed by atoms with Gasteiger partial charge in [0.25, 0.3) is 0 Å². The first kappa shape index (κ1) is 30.4. The van der Waals surface area contributed by atoms with Gasteiger partial charge in [-0.3, -0.25) is 0 Å². The lowest BCUT2D eigenvalue weighted by molar-refractivity contribution is 0.482. The normalized spacial score (nSPS) is 11.4. The molecule has 0 spiro atoms. The van der Waals surface area contributed by atoms with Crippen molar-refractivity contribution in [2.45, 2.75) is 87.8 Å². The van der Waals surface area contributed by atoms with Crippen LogP contribution in [0, 0.1) is 0 Å². The van der Waals surface area contributed by atoms with E-state index >= 15 is 0 Å². The van der Waals surface area contributed by atoms with Gasteiger partial charge in [-0.1, -0.05) is 76.6 Å². The van der Waals surface area contributed by atoms with Gasteiger partial charge in [0.15, 0.2) is 0 Å². The zero-order valence-electron chi connectivity index (χ0n) is 24.3. The highest BCUT2D eigenvalue weighted by molar-refractivity contribution is 7.91. The van der Waals surface area contributed by atoms with Crippen LogP contribution in [0.5, 0.6) is 23.0 Å². The van der Waals surface area contributed by atoms with Crippen LogP contribution in [0.4, 0.5) is 0 Å². The minimum absolute atomic E-state index is 0.218. The van der Waals surface area contributed by atoms with Gasteiger partial charge in [0, 0.05) is 0 Å². The zero-order valence-corrected chi connectivity index (χ0v) is 25.2. The van der Waals surface area contributed by atoms with E-state index in [1.807, 2.05) is 24.3 Å². The van der Waals surface area contributed by atoms with E-state index in [0.717, 1.165) is 24.3 Å². The Labute approximate surface area is 246 Å². The fourth-order valence-corrected chi connectivity index (χ4v) is 6.00. The maximum Gasteiger partial charge on any atom is 0.206 e. The van der Waals surface area contributed by atoms with E-state index in [9.17, 15) is 8.42 Å². The monoisotopic (exact) mass is 570 g/mol. The van der Waals surface area contributed by atoms with Gasteiger partial charge in [0.05, 0.1) is 9.79 Å². The fraction of sp³-hybridized carbons (Fsp3) is 0.333. The standard InChI is InChI=1S/C36H42O4S/c1-3-5-7-9-11-29-13-17-31(18-14-29)39-33-21-25-35(26-22-33)41(37,38)36-27-23-34(24-28-36)40-32-19-15-30(16-20-32)12-10-8-6-4-2/h13-28H,3-12H2,1-2H3. The van der Waals surface area contributed by atoms with Crippen molar-refractivity contribution in [2.75, 3.05) is 0 Å². The smallest absolute Gasteiger partial charge is 0.206 e. The average molecular weight is 571 g/mol. The van der Waals surface area contributed by atoms with Crippen LogP contribution < -0.4 is 9.47 Å². The minimum Gasteiger partial charge on any atom is -0.457 e. The molecule has 0 aliphatic heterocycles. The molecule has 0 aliphatic rings. The van der Waals surface area contributed by atoms with Crippen molar-refractivity contribution in [2.24, 2.45) is 0 Å². The Morgan fingerprint density at radius 3 is 1.07 bits per heavy atom. The lowest BCUT2D eigenvalue weighted by Gasteiger charge is -2.10. The molecule has 0 heterocycles. The Morgan fingerprint density at radius 2 is 0.756 bits per heavy atom. The highest BCUT2D eigenvalue weighted by Crippen LogP contribution is 2.29. The van der Waals surface area contributed by atoms with Crippen LogP contribution in [-0.4, -0.2) is 8.42 Å². The van der Waals surface area contributed by atoms with Crippen molar-refractivity contribution in [3.05, 3.63) is 108 Å². The SMILES string of the molecule is CCCCCCc1ccc(Oc2ccc(S(=O)(=O)c3ccc(Oc4ccc(CCCCCC)cc4)cc3)cc2)cc1. The largest absolute Gasteiger partial charge is 0.457 e. The second kappa shape index (κ2) is 15.4. The van der Waals surface area contributed by atoms with E-state index < -0.39 is 9.84 Å². The Kier molecular flexibility index (Phi) is 11.4. The number of unbranched alkanes of at least 4 members (excludes halogenated alkanes) is 6. The number of hydrogen-bond donors (Lipinski definition) is 0. The van der Waals surface area contributed by atoms with Crippen molar-refractivity contribution in [1.29, 1.82) is 0 Å². The maximum absolute atomic E-state index is 13.2. The van der Waals surface area contributed by atoms with Gasteiger partial charge in [-0.2, -0.15) is 0 Å². The van der Waals surface area contributed by atoms with Gasteiger partial charge in [-0.15, -0.1) is 0 Å². The summed E-state index contributed by atoms with van der Waals surface area (Å²) in [6.45, 7) is 4.44. The molecule has 4 nitrogen and oxygen atoms in total. The molecule has 0 saturated heterocycles. The molecule has 0 atom stereocenters. The van der Waals surface area contributed by atoms with Crippen LogP contribution in [0.15, 0.2) is 107 Å². The number of rotatable bonds is 16. The molecule has 5 heteroatoms. The Morgan fingerprint density at radius 1 is 0.439 bits per heavy atom. The lowest BCUT2D eigenvalue weighted by Crippen LogP contribution is -2.01. The fourth-order valence-electron chi connectivity index (χ4n) is 4.74. The van der Waals surface area contributed by atoms with E-state index in [4.69, 9.17) is 9.47 Å². The molecule has 0 radical (unpaired) electrons. The highest BCUT2D eigenvalue weighted by atomic mass is 32.2. The molecule has 216 valence electrons. The quantitative estimate of drug-likeness (QED) is 0.126. The van der Waals surface area contributed by atoms with E-state index in [0.29, 0.717) is 11.5 Å². The first-order valence-electron chi connectivity index (χ1n) is 15.0. The summed E-state index contributed by atoms with van der Waals surface area (Å²) in [5, 5.41) is 0. The molecule has 4 rings (SSSR count). The topological polar surface area (TPSA) is 52.6 Å². The average Bonchev–Trinajstić information content (AvgIpc) is 3.00. The van der Waals surface area contributed by atoms with Crippen LogP contribution in [0.2, 0.25) is 0 Å². The molecule has 4 aromatic rings. The van der Waals surface area contributed by atoms with E-state index in [-0.39, 0.29) is 9.79 Å². The Balaban J connectivity index is 1.31. The van der Waals surface area contributed by atoms with Crippen molar-refractivity contribution < 1.29 is 17.9 Å². The van der Waals surface area contributed by atoms with Crippen molar-refractivity contribution in [3.63, 3.8) is 0 Å². The molecule has 0 aliphatic carbocycles. The molecular formula is C36H42O4S. The second-order valence-corrected chi connectivity index (χ2v) is 12.5. The van der Waals surface area contributed by atoms with Crippen LogP contribution in [0.25, 0.3) is 0 Å². The molecule has 0 N–H and O–H groups in total. The molecule has 0 aromatic heterocycles. The molecule has 0 amide bonds. The van der Waals surface area contributed by atoms with Crippen molar-refractivity contribution in [3.8, 4) is 23.0 Å². The lowest BCUT2D eigenvalue weighted by atomic mass is 10.1. The van der Waals surface area contributed by atoms with Crippen LogP contribution >= 0.6 is 0 Å². The van der Waals surface area contributed by atoms with Gasteiger partial charge in [-0.25, -0.2) is 8.42 Å². The molecule has 0 unspecified atom stereocenters. The summed E-state index contributed by atoms with van der Waals surface area (Å²) in [5.41, 5.74) is 2.61. The van der Waals surface area contributed by atoms with Gasteiger partial charge in [-0.05, 0) is 110 Å². The minimum atomic E-state index is -3.67. The molecular weight excluding hydrogens is 528 g/mol. The van der Waals surface area contributed by atoms with Gasteiger partial charge in [0.2, 0.25) is 9.84 Å². The second-order valence-electron chi connectivity index (χ2n) is 10.6. The number of sulfone groups is 1. The summed E-state index contributed by atoms with van der Waals surface area (Å²) in [6, 6.07) is 29.3. The van der Waals surface area contributed by atoms with Crippen LogP contribution in [-0.2, 0) is 22.7 Å². The van der Waals surface area contributed by atoms with Gasteiger partial charge >= 0.3 is 0 Å². The zero-order chi connectivity index (χ0) is 28.9. The third kappa shape index (κ3) is 9.22. The number of aryl methyl sites for hydroxylation is 2. The summed E-state index contributed by atoms with van der Waals surface area (Å²) < 4.78 is 38.3. The predicted octanol–water partition coefficient (Wildman–Crippen LogP) is 10.3. The van der Waals surface area contributed by atoms with Crippen molar-refractivity contribution in [1.82, 2.24) is 0 Å². The van der Waals surface area contributed by atoms with Gasteiger partial charge < -0.3 is 9.47 Å². The molecule has 41 heavy (non-hydrogen) atoms. The van der Waals surface area contributed by atoms with E-state index in [1.165, 1.54) is 62.5 Å². The Bertz CT molecular complexity index is 1320. The summed E-state index contributed by atoms with van der Waals surface area (Å²) in [7, 11) is -3.67.